The summed E-state index contributed by atoms with van der Waals surface area (Å²) in [6, 6.07) is 4.88. The minimum atomic E-state index is -4.30. The van der Waals surface area contributed by atoms with Gasteiger partial charge in [0.1, 0.15) is 0 Å². The van der Waals surface area contributed by atoms with Gasteiger partial charge >= 0.3 is 6.18 Å². The minimum absolute atomic E-state index is 0.0339. The van der Waals surface area contributed by atoms with Crippen LogP contribution < -0.4 is 5.73 Å². The van der Waals surface area contributed by atoms with E-state index in [0.29, 0.717) is 19.5 Å². The normalized spacial score (nSPS) is 18.3. The highest BCUT2D eigenvalue weighted by molar-refractivity contribution is 5.81. The smallest absolute Gasteiger partial charge is 0.341 e. The first kappa shape index (κ1) is 16.8. The van der Waals surface area contributed by atoms with Crippen molar-refractivity contribution in [2.75, 3.05) is 13.1 Å². The van der Waals surface area contributed by atoms with Crippen molar-refractivity contribution >= 4 is 5.91 Å². The number of piperidine rings is 1. The van der Waals surface area contributed by atoms with Gasteiger partial charge in [0.2, 0.25) is 5.91 Å². The Labute approximate surface area is 128 Å². The van der Waals surface area contributed by atoms with Crippen molar-refractivity contribution in [1.29, 1.82) is 0 Å². The van der Waals surface area contributed by atoms with Crippen LogP contribution in [0.25, 0.3) is 0 Å². The zero-order valence-corrected chi connectivity index (χ0v) is 12.6. The highest BCUT2D eigenvalue weighted by Gasteiger charge is 2.31. The van der Waals surface area contributed by atoms with Gasteiger partial charge in [0, 0.05) is 13.1 Å². The van der Waals surface area contributed by atoms with Crippen molar-refractivity contribution in [2.45, 2.75) is 44.3 Å². The molecule has 1 aliphatic rings. The molecule has 2 N–H and O–H groups in total. The van der Waals surface area contributed by atoms with E-state index in [9.17, 15) is 18.0 Å². The summed E-state index contributed by atoms with van der Waals surface area (Å²) >= 11 is 0. The highest BCUT2D eigenvalue weighted by atomic mass is 19.4. The standard InChI is InChI=1S/C16H21F3N2O/c1-2-14(20)15(22)21-9-7-12(8-10-21)11-3-5-13(6-4-11)16(17,18)19/h3-6,12,14H,2,7-10,20H2,1H3. The van der Waals surface area contributed by atoms with E-state index in [1.165, 1.54) is 0 Å². The highest BCUT2D eigenvalue weighted by Crippen LogP contribution is 2.32. The second kappa shape index (κ2) is 6.69. The van der Waals surface area contributed by atoms with Crippen LogP contribution in [0.4, 0.5) is 13.2 Å². The van der Waals surface area contributed by atoms with Gasteiger partial charge in [0.05, 0.1) is 11.6 Å². The Kier molecular flexibility index (Phi) is 5.11. The number of alkyl halides is 3. The van der Waals surface area contributed by atoms with Crippen LogP contribution in [-0.4, -0.2) is 29.9 Å². The number of nitrogens with zero attached hydrogens (tertiary/aromatic N) is 1. The Balaban J connectivity index is 1.96. The Morgan fingerprint density at radius 3 is 2.27 bits per heavy atom. The second-order valence-electron chi connectivity index (χ2n) is 5.73. The van der Waals surface area contributed by atoms with E-state index >= 15 is 0 Å². The number of halogens is 3. The first-order chi connectivity index (χ1) is 10.3. The molecule has 6 heteroatoms. The molecule has 1 aliphatic heterocycles. The van der Waals surface area contributed by atoms with Gasteiger partial charge in [-0.2, -0.15) is 13.2 Å². The molecule has 1 fully saturated rings. The van der Waals surface area contributed by atoms with Gasteiger partial charge in [-0.25, -0.2) is 0 Å². The molecule has 1 saturated heterocycles. The lowest BCUT2D eigenvalue weighted by Gasteiger charge is -2.33. The number of carbonyl (C=O) groups is 1. The third kappa shape index (κ3) is 3.80. The van der Waals surface area contributed by atoms with Crippen LogP contribution in [0.5, 0.6) is 0 Å². The first-order valence-electron chi connectivity index (χ1n) is 7.54. The Bertz CT molecular complexity index is 505. The van der Waals surface area contributed by atoms with Crippen LogP contribution in [0, 0.1) is 0 Å². The number of benzene rings is 1. The number of hydrogen-bond acceptors (Lipinski definition) is 2. The van der Waals surface area contributed by atoms with Crippen molar-refractivity contribution < 1.29 is 18.0 Å². The number of nitrogens with two attached hydrogens (primary N) is 1. The van der Waals surface area contributed by atoms with Crippen molar-refractivity contribution in [3.63, 3.8) is 0 Å². The third-order valence-corrected chi connectivity index (χ3v) is 4.27. The Morgan fingerprint density at radius 2 is 1.82 bits per heavy atom. The molecule has 0 aromatic heterocycles. The number of hydrogen-bond donors (Lipinski definition) is 1. The van der Waals surface area contributed by atoms with E-state index in [-0.39, 0.29) is 11.8 Å². The van der Waals surface area contributed by atoms with E-state index in [1.807, 2.05) is 6.92 Å². The van der Waals surface area contributed by atoms with Crippen molar-refractivity contribution in [3.05, 3.63) is 35.4 Å². The molecule has 1 unspecified atom stereocenters. The van der Waals surface area contributed by atoms with E-state index < -0.39 is 17.8 Å². The molecule has 1 atom stereocenters. The summed E-state index contributed by atoms with van der Waals surface area (Å²) in [5.74, 6) is 0.164. The molecule has 0 saturated carbocycles. The van der Waals surface area contributed by atoms with Crippen LogP contribution in [0.3, 0.4) is 0 Å². The summed E-state index contributed by atoms with van der Waals surface area (Å²) in [5, 5.41) is 0. The molecule has 0 spiro atoms. The number of likely N-dealkylation sites (tertiary alicyclic amines) is 1. The summed E-state index contributed by atoms with van der Waals surface area (Å²) in [6.45, 7) is 3.09. The summed E-state index contributed by atoms with van der Waals surface area (Å²) in [6.07, 6.45) is -2.18. The van der Waals surface area contributed by atoms with Gasteiger partial charge in [-0.05, 0) is 42.9 Å². The van der Waals surface area contributed by atoms with Gasteiger partial charge < -0.3 is 10.6 Å². The maximum atomic E-state index is 12.6. The Morgan fingerprint density at radius 1 is 1.27 bits per heavy atom. The van der Waals surface area contributed by atoms with Crippen LogP contribution in [0.15, 0.2) is 24.3 Å². The quantitative estimate of drug-likeness (QED) is 0.931. The molecular formula is C16H21F3N2O. The molecule has 0 radical (unpaired) electrons. The third-order valence-electron chi connectivity index (χ3n) is 4.27. The van der Waals surface area contributed by atoms with E-state index in [0.717, 1.165) is 30.5 Å². The Hall–Kier alpha value is -1.56. The number of carbonyl (C=O) groups excluding carboxylic acids is 1. The molecule has 22 heavy (non-hydrogen) atoms. The molecule has 3 nitrogen and oxygen atoms in total. The first-order valence-corrected chi connectivity index (χ1v) is 7.54. The SMILES string of the molecule is CCC(N)C(=O)N1CCC(c2ccc(C(F)(F)F)cc2)CC1. The summed E-state index contributed by atoms with van der Waals surface area (Å²) in [7, 11) is 0. The molecule has 1 amide bonds. The van der Waals surface area contributed by atoms with Crippen molar-refractivity contribution in [3.8, 4) is 0 Å². The lowest BCUT2D eigenvalue weighted by atomic mass is 9.88. The predicted molar refractivity (Wildman–Crippen MR) is 78.3 cm³/mol. The van der Waals surface area contributed by atoms with Gasteiger partial charge in [0.15, 0.2) is 0 Å². The van der Waals surface area contributed by atoms with Crippen LogP contribution in [-0.2, 0) is 11.0 Å². The average Bonchev–Trinajstić information content (AvgIpc) is 2.53. The van der Waals surface area contributed by atoms with Crippen molar-refractivity contribution in [1.82, 2.24) is 4.90 Å². The van der Waals surface area contributed by atoms with Gasteiger partial charge in [-0.1, -0.05) is 19.1 Å². The predicted octanol–water partition coefficient (Wildman–Crippen LogP) is 3.15. The number of amides is 1. The molecule has 122 valence electrons. The maximum absolute atomic E-state index is 12.6. The van der Waals surface area contributed by atoms with Crippen LogP contribution in [0.2, 0.25) is 0 Å². The fourth-order valence-electron chi connectivity index (χ4n) is 2.79. The van der Waals surface area contributed by atoms with Gasteiger partial charge in [-0.15, -0.1) is 0 Å². The summed E-state index contributed by atoms with van der Waals surface area (Å²) in [5.41, 5.74) is 6.03. The van der Waals surface area contributed by atoms with Gasteiger partial charge in [-0.3, -0.25) is 4.79 Å². The fraction of sp³-hybridized carbons (Fsp3) is 0.562. The maximum Gasteiger partial charge on any atom is 0.416 e. The van der Waals surface area contributed by atoms with Crippen molar-refractivity contribution in [2.24, 2.45) is 5.73 Å². The molecule has 0 bridgehead atoms. The lowest BCUT2D eigenvalue weighted by Crippen LogP contribution is -2.46. The summed E-state index contributed by atoms with van der Waals surface area (Å²) < 4.78 is 37.7. The van der Waals surface area contributed by atoms with E-state index in [1.54, 1.807) is 17.0 Å². The lowest BCUT2D eigenvalue weighted by molar-refractivity contribution is -0.137. The second-order valence-corrected chi connectivity index (χ2v) is 5.73. The molecule has 2 rings (SSSR count). The molecule has 1 aromatic rings. The van der Waals surface area contributed by atoms with Gasteiger partial charge in [0.25, 0.3) is 0 Å². The molecule has 1 heterocycles. The minimum Gasteiger partial charge on any atom is -0.341 e. The zero-order valence-electron chi connectivity index (χ0n) is 12.6. The fourth-order valence-corrected chi connectivity index (χ4v) is 2.79. The van der Waals surface area contributed by atoms with E-state index in [4.69, 9.17) is 5.73 Å². The molecule has 1 aromatic carbocycles. The molecule has 0 aliphatic carbocycles. The zero-order chi connectivity index (χ0) is 16.3. The topological polar surface area (TPSA) is 46.3 Å². The van der Waals surface area contributed by atoms with E-state index in [2.05, 4.69) is 0 Å². The number of rotatable bonds is 3. The summed E-state index contributed by atoms with van der Waals surface area (Å²) in [4.78, 5) is 13.8. The van der Waals surface area contributed by atoms with Crippen LogP contribution >= 0.6 is 0 Å². The monoisotopic (exact) mass is 314 g/mol. The average molecular weight is 314 g/mol. The van der Waals surface area contributed by atoms with Crippen LogP contribution in [0.1, 0.15) is 43.2 Å². The largest absolute Gasteiger partial charge is 0.416 e. The molecular weight excluding hydrogens is 293 g/mol.